The molecule has 0 saturated carbocycles. The molecule has 0 spiro atoms. The van der Waals surface area contributed by atoms with E-state index >= 15 is 0 Å². The number of carbonyl (C=O) groups excluding carboxylic acids is 3. The Labute approximate surface area is 203 Å². The highest BCUT2D eigenvalue weighted by Crippen LogP contribution is 1.94. The lowest BCUT2D eigenvalue weighted by molar-refractivity contribution is -0.127. The lowest BCUT2D eigenvalue weighted by Crippen LogP contribution is -2.39. The van der Waals surface area contributed by atoms with Crippen molar-refractivity contribution in [3.05, 3.63) is 0 Å². The fraction of sp³-hybridized carbons (Fsp3) is 0.870. The Balaban J connectivity index is 0. The van der Waals surface area contributed by atoms with E-state index in [1.807, 2.05) is 13.8 Å². The molecule has 0 aliphatic carbocycles. The summed E-state index contributed by atoms with van der Waals surface area (Å²) < 4.78 is 39.6. The van der Waals surface area contributed by atoms with Gasteiger partial charge in [-0.15, -0.1) is 0 Å². The number of hydrogen-bond donors (Lipinski definition) is 2. The fourth-order valence-corrected chi connectivity index (χ4v) is 1.82. The van der Waals surface area contributed by atoms with E-state index in [4.69, 9.17) is 23.7 Å². The highest BCUT2D eigenvalue weighted by atomic mass is 19.1. The van der Waals surface area contributed by atoms with Gasteiger partial charge in [-0.05, 0) is 5.92 Å². The van der Waals surface area contributed by atoms with Crippen molar-refractivity contribution in [1.82, 2.24) is 10.6 Å². The molecule has 0 aliphatic rings. The van der Waals surface area contributed by atoms with Gasteiger partial charge in [0, 0.05) is 12.5 Å². The largest absolute Gasteiger partial charge is 0.377 e. The molecule has 1 atom stereocenters. The molecule has 0 rings (SSSR count). The number of nitrogens with one attached hydrogen (secondary N) is 2. The molecule has 0 aromatic heterocycles. The molecule has 0 bridgehead atoms. The second-order valence-electron chi connectivity index (χ2n) is 8.14. The molecule has 0 aromatic rings. The van der Waals surface area contributed by atoms with Crippen molar-refractivity contribution in [3.63, 3.8) is 0 Å². The molecular formula is C23H45FN2O8. The molecule has 0 fully saturated rings. The summed E-state index contributed by atoms with van der Waals surface area (Å²) >= 11 is 0. The smallest absolute Gasteiger partial charge is 0.256 e. The van der Waals surface area contributed by atoms with Crippen molar-refractivity contribution in [3.8, 4) is 0 Å². The summed E-state index contributed by atoms with van der Waals surface area (Å²) in [5.74, 6) is 0.0968. The van der Waals surface area contributed by atoms with Crippen LogP contribution in [0.5, 0.6) is 0 Å². The van der Waals surface area contributed by atoms with Crippen molar-refractivity contribution in [2.75, 3.05) is 79.2 Å². The molecule has 202 valence electrons. The molecule has 1 unspecified atom stereocenters. The standard InChI is InChI=1S/C19H35FN2O8.C4H10/c1-16(2)18(24)14-30-12-11-29-10-9-28-8-7-27-6-5-26-4-3-22-19(25)17(20)13-21-15-23;1-4(2)3/h15-17H,3-14H2,1-2H3,(H,21,23)(H,22,25);4H,1-3H3. The van der Waals surface area contributed by atoms with E-state index in [-0.39, 0.29) is 38.0 Å². The Hall–Kier alpha value is -1.66. The predicted octanol–water partition coefficient (Wildman–Crippen LogP) is 1.16. The van der Waals surface area contributed by atoms with Crippen LogP contribution in [0.3, 0.4) is 0 Å². The van der Waals surface area contributed by atoms with Gasteiger partial charge in [0.25, 0.3) is 5.91 Å². The minimum Gasteiger partial charge on any atom is -0.377 e. The summed E-state index contributed by atoms with van der Waals surface area (Å²) in [6.45, 7) is 13.5. The number of rotatable bonds is 22. The van der Waals surface area contributed by atoms with Crippen molar-refractivity contribution in [1.29, 1.82) is 0 Å². The van der Waals surface area contributed by atoms with Gasteiger partial charge in [0.05, 0.1) is 66.0 Å². The number of ketones is 1. The topological polar surface area (TPSA) is 121 Å². The van der Waals surface area contributed by atoms with Crippen LogP contribution < -0.4 is 10.6 Å². The number of ether oxygens (including phenoxy) is 5. The van der Waals surface area contributed by atoms with Crippen molar-refractivity contribution < 1.29 is 42.5 Å². The summed E-state index contributed by atoms with van der Waals surface area (Å²) in [5.41, 5.74) is 0. The summed E-state index contributed by atoms with van der Waals surface area (Å²) in [6, 6.07) is 0. The van der Waals surface area contributed by atoms with Crippen molar-refractivity contribution in [2.24, 2.45) is 11.8 Å². The Morgan fingerprint density at radius 1 is 0.765 bits per heavy atom. The third kappa shape index (κ3) is 28.4. The van der Waals surface area contributed by atoms with E-state index < -0.39 is 12.1 Å². The Morgan fingerprint density at radius 3 is 1.59 bits per heavy atom. The first-order valence-corrected chi connectivity index (χ1v) is 11.7. The minimum atomic E-state index is -1.78. The number of Topliss-reactive ketones (excluding diaryl/α,β-unsaturated/α-hetero) is 1. The third-order valence-corrected chi connectivity index (χ3v) is 3.59. The highest BCUT2D eigenvalue weighted by Gasteiger charge is 2.15. The number of amides is 2. The molecule has 0 heterocycles. The average Bonchev–Trinajstić information content (AvgIpc) is 2.78. The van der Waals surface area contributed by atoms with Crippen LogP contribution in [0, 0.1) is 11.8 Å². The molecule has 34 heavy (non-hydrogen) atoms. The van der Waals surface area contributed by atoms with Gasteiger partial charge >= 0.3 is 0 Å². The number of carbonyl (C=O) groups is 3. The van der Waals surface area contributed by atoms with Crippen molar-refractivity contribution >= 4 is 18.1 Å². The average molecular weight is 497 g/mol. The predicted molar refractivity (Wildman–Crippen MR) is 126 cm³/mol. The fourth-order valence-electron chi connectivity index (χ4n) is 1.82. The molecule has 2 N–H and O–H groups in total. The summed E-state index contributed by atoms with van der Waals surface area (Å²) in [7, 11) is 0. The van der Waals surface area contributed by atoms with Crippen molar-refractivity contribution in [2.45, 2.75) is 40.8 Å². The second-order valence-corrected chi connectivity index (χ2v) is 8.14. The van der Waals surface area contributed by atoms with E-state index in [0.29, 0.717) is 59.3 Å². The molecule has 0 saturated heterocycles. The molecular weight excluding hydrogens is 451 g/mol. The molecule has 2 amide bonds. The van der Waals surface area contributed by atoms with Gasteiger partial charge in [0.1, 0.15) is 6.61 Å². The van der Waals surface area contributed by atoms with Gasteiger partial charge in [-0.1, -0.05) is 34.6 Å². The first-order valence-electron chi connectivity index (χ1n) is 11.7. The Morgan fingerprint density at radius 2 is 1.18 bits per heavy atom. The maximum absolute atomic E-state index is 13.2. The molecule has 10 nitrogen and oxygen atoms in total. The van der Waals surface area contributed by atoms with Crippen LogP contribution >= 0.6 is 0 Å². The van der Waals surface area contributed by atoms with E-state index in [1.54, 1.807) is 0 Å². The van der Waals surface area contributed by atoms with E-state index in [2.05, 4.69) is 31.4 Å². The van der Waals surface area contributed by atoms with Gasteiger partial charge in [0.15, 0.2) is 12.0 Å². The molecule has 0 radical (unpaired) electrons. The van der Waals surface area contributed by atoms with Gasteiger partial charge in [-0.3, -0.25) is 14.4 Å². The summed E-state index contributed by atoms with van der Waals surface area (Å²) in [5, 5.41) is 4.45. The van der Waals surface area contributed by atoms with Crippen LogP contribution in [0.15, 0.2) is 0 Å². The van der Waals surface area contributed by atoms with Gasteiger partial charge in [-0.2, -0.15) is 0 Å². The van der Waals surface area contributed by atoms with E-state index in [0.717, 1.165) is 5.92 Å². The zero-order valence-corrected chi connectivity index (χ0v) is 21.4. The van der Waals surface area contributed by atoms with E-state index in [1.165, 1.54) is 0 Å². The van der Waals surface area contributed by atoms with Crippen LogP contribution in [0.1, 0.15) is 34.6 Å². The second kappa shape index (κ2) is 26.0. The Bertz CT molecular complexity index is 493. The minimum absolute atomic E-state index is 0.0187. The van der Waals surface area contributed by atoms with Gasteiger partial charge in [0.2, 0.25) is 6.41 Å². The maximum atomic E-state index is 13.2. The molecule has 11 heteroatoms. The van der Waals surface area contributed by atoms with Gasteiger partial charge in [-0.25, -0.2) is 4.39 Å². The van der Waals surface area contributed by atoms with Crippen LogP contribution in [0.25, 0.3) is 0 Å². The molecule has 0 aromatic carbocycles. The quantitative estimate of drug-likeness (QED) is 0.169. The number of halogens is 1. The summed E-state index contributed by atoms with van der Waals surface area (Å²) in [6.07, 6.45) is -1.45. The lowest BCUT2D eigenvalue weighted by Gasteiger charge is -2.10. The summed E-state index contributed by atoms with van der Waals surface area (Å²) in [4.78, 5) is 32.6. The zero-order valence-electron chi connectivity index (χ0n) is 21.4. The molecule has 0 aliphatic heterocycles. The highest BCUT2D eigenvalue weighted by molar-refractivity contribution is 5.81. The first kappa shape index (κ1) is 34.5. The number of alkyl halides is 1. The SMILES string of the molecule is CC(C)C.CC(C)C(=O)COCCOCCOCCOCCOCCNC(=O)C(F)CNC=O. The van der Waals surface area contributed by atoms with Crippen LogP contribution in [0.2, 0.25) is 0 Å². The first-order chi connectivity index (χ1) is 16.2. The Kier molecular flexibility index (Phi) is 26.3. The third-order valence-electron chi connectivity index (χ3n) is 3.59. The van der Waals surface area contributed by atoms with Crippen LogP contribution in [0.4, 0.5) is 4.39 Å². The van der Waals surface area contributed by atoms with Gasteiger partial charge < -0.3 is 34.3 Å². The van der Waals surface area contributed by atoms with Crippen LogP contribution in [-0.4, -0.2) is 103 Å². The monoisotopic (exact) mass is 496 g/mol. The van der Waals surface area contributed by atoms with E-state index in [9.17, 15) is 18.8 Å². The lowest BCUT2D eigenvalue weighted by atomic mass is 10.1. The maximum Gasteiger partial charge on any atom is 0.256 e. The zero-order chi connectivity index (χ0) is 26.0. The normalized spacial score (nSPS) is 11.6. The van der Waals surface area contributed by atoms with Crippen LogP contribution in [-0.2, 0) is 38.1 Å². The number of hydrogen-bond acceptors (Lipinski definition) is 8.